The number of carbonyl (C=O) groups is 1. The van der Waals surface area contributed by atoms with Gasteiger partial charge < -0.3 is 16.8 Å². The summed E-state index contributed by atoms with van der Waals surface area (Å²) < 4.78 is 1.55. The molecule has 5 N–H and O–H groups in total. The summed E-state index contributed by atoms with van der Waals surface area (Å²) in [6, 6.07) is 7.30. The average molecular weight is 311 g/mol. The number of nitrogens with one attached hydrogen (secondary N) is 1. The minimum absolute atomic E-state index is 0.0335. The number of nitrogens with zero attached hydrogens (tertiary/aromatic N) is 6. The van der Waals surface area contributed by atoms with E-state index in [1.807, 2.05) is 18.2 Å². The number of benzene rings is 1. The second-order valence-corrected chi connectivity index (χ2v) is 4.69. The van der Waals surface area contributed by atoms with Gasteiger partial charge in [-0.15, -0.1) is 5.10 Å². The number of nitrogens with two attached hydrogens (primary N) is 2. The van der Waals surface area contributed by atoms with Crippen LogP contribution in [-0.4, -0.2) is 36.1 Å². The van der Waals surface area contributed by atoms with Crippen LogP contribution in [0.25, 0.3) is 11.4 Å². The number of hydrogen-bond acceptors (Lipinski definition) is 8. The molecule has 0 unspecified atom stereocenters. The third-order valence-electron chi connectivity index (χ3n) is 3.08. The maximum atomic E-state index is 11.5. The van der Waals surface area contributed by atoms with Gasteiger partial charge in [-0.05, 0) is 22.6 Å². The van der Waals surface area contributed by atoms with Gasteiger partial charge in [-0.3, -0.25) is 4.79 Å². The van der Waals surface area contributed by atoms with Crippen LogP contribution >= 0.6 is 0 Å². The molecule has 0 atom stereocenters. The fraction of sp³-hybridized carbons (Fsp3) is 0.0769. The quantitative estimate of drug-likeness (QED) is 0.613. The number of hydrogen-bond donors (Lipinski definition) is 3. The largest absolute Gasteiger partial charge is 0.368 e. The standard InChI is InChI=1S/C13H13N9O/c1-22-12(19-20-21-22)7-3-2-4-8(5-7)17-11-9(10(14)23)6-16-13(15)18-11/h2-6H,1H3,(H2,14,23)(H3,15,16,17,18). The number of primary amides is 1. The highest BCUT2D eigenvalue weighted by Crippen LogP contribution is 2.23. The molecule has 0 fully saturated rings. The highest BCUT2D eigenvalue weighted by Gasteiger charge is 2.12. The second kappa shape index (κ2) is 5.67. The predicted molar refractivity (Wildman–Crippen MR) is 82.5 cm³/mol. The smallest absolute Gasteiger partial charge is 0.254 e. The highest BCUT2D eigenvalue weighted by molar-refractivity contribution is 5.98. The van der Waals surface area contributed by atoms with Gasteiger partial charge in [-0.2, -0.15) is 4.98 Å². The van der Waals surface area contributed by atoms with E-state index < -0.39 is 5.91 Å². The molecule has 23 heavy (non-hydrogen) atoms. The van der Waals surface area contributed by atoms with Crippen LogP contribution in [0, 0.1) is 0 Å². The van der Waals surface area contributed by atoms with E-state index in [4.69, 9.17) is 11.5 Å². The van der Waals surface area contributed by atoms with Gasteiger partial charge in [-0.25, -0.2) is 9.67 Å². The number of aryl methyl sites for hydroxylation is 1. The maximum absolute atomic E-state index is 11.5. The lowest BCUT2D eigenvalue weighted by atomic mass is 10.2. The number of aromatic nitrogens is 6. The normalized spacial score (nSPS) is 10.5. The van der Waals surface area contributed by atoms with Crippen molar-refractivity contribution in [2.75, 3.05) is 11.1 Å². The lowest BCUT2D eigenvalue weighted by Gasteiger charge is -2.10. The first-order valence-electron chi connectivity index (χ1n) is 6.56. The van der Waals surface area contributed by atoms with Crippen molar-refractivity contribution in [2.24, 2.45) is 12.8 Å². The van der Waals surface area contributed by atoms with Gasteiger partial charge in [-0.1, -0.05) is 12.1 Å². The maximum Gasteiger partial charge on any atom is 0.254 e. The van der Waals surface area contributed by atoms with Crippen molar-refractivity contribution in [3.8, 4) is 11.4 Å². The van der Waals surface area contributed by atoms with Crippen molar-refractivity contribution in [1.29, 1.82) is 0 Å². The number of tetrazole rings is 1. The molecule has 10 heteroatoms. The third kappa shape index (κ3) is 2.90. The molecule has 0 saturated heterocycles. The van der Waals surface area contributed by atoms with Crippen LogP contribution in [0.4, 0.5) is 17.5 Å². The van der Waals surface area contributed by atoms with Gasteiger partial charge in [0.25, 0.3) is 5.91 Å². The van der Waals surface area contributed by atoms with Gasteiger partial charge >= 0.3 is 0 Å². The van der Waals surface area contributed by atoms with E-state index in [1.165, 1.54) is 6.20 Å². The number of amides is 1. The molecule has 0 saturated carbocycles. The summed E-state index contributed by atoms with van der Waals surface area (Å²) in [6.07, 6.45) is 1.28. The summed E-state index contributed by atoms with van der Waals surface area (Å²) in [5.41, 5.74) is 12.5. The first-order chi connectivity index (χ1) is 11.0. The van der Waals surface area contributed by atoms with E-state index in [2.05, 4.69) is 30.8 Å². The molecule has 10 nitrogen and oxygen atoms in total. The predicted octanol–water partition coefficient (Wildman–Crippen LogP) is 0.0918. The average Bonchev–Trinajstić information content (AvgIpc) is 2.93. The second-order valence-electron chi connectivity index (χ2n) is 4.69. The van der Waals surface area contributed by atoms with Crippen LogP contribution in [0.15, 0.2) is 30.5 Å². The Kier molecular flexibility index (Phi) is 3.55. The van der Waals surface area contributed by atoms with Crippen LogP contribution in [0.3, 0.4) is 0 Å². The van der Waals surface area contributed by atoms with Gasteiger partial charge in [0.05, 0.1) is 0 Å². The van der Waals surface area contributed by atoms with Crippen LogP contribution in [-0.2, 0) is 7.05 Å². The summed E-state index contributed by atoms with van der Waals surface area (Å²) in [7, 11) is 1.74. The van der Waals surface area contributed by atoms with E-state index in [1.54, 1.807) is 17.8 Å². The number of nitrogen functional groups attached to an aromatic ring is 1. The summed E-state index contributed by atoms with van der Waals surface area (Å²) in [5.74, 6) is 0.219. The lowest BCUT2D eigenvalue weighted by molar-refractivity contribution is 0.100. The van der Waals surface area contributed by atoms with E-state index in [9.17, 15) is 4.79 Å². The summed E-state index contributed by atoms with van der Waals surface area (Å²) in [6.45, 7) is 0. The first-order valence-corrected chi connectivity index (χ1v) is 6.56. The molecule has 3 rings (SSSR count). The minimum atomic E-state index is -0.652. The van der Waals surface area contributed by atoms with Crippen molar-refractivity contribution < 1.29 is 4.79 Å². The zero-order valence-corrected chi connectivity index (χ0v) is 12.1. The monoisotopic (exact) mass is 311 g/mol. The molecule has 0 radical (unpaired) electrons. The molecule has 0 aliphatic rings. The molecule has 1 amide bonds. The molecule has 0 spiro atoms. The SMILES string of the molecule is Cn1nnnc1-c1cccc(Nc2nc(N)ncc2C(N)=O)c1. The Balaban J connectivity index is 1.97. The molecule has 116 valence electrons. The van der Waals surface area contributed by atoms with Gasteiger partial charge in [0.15, 0.2) is 5.82 Å². The Morgan fingerprint density at radius 2 is 2.17 bits per heavy atom. The lowest BCUT2D eigenvalue weighted by Crippen LogP contribution is -2.15. The highest BCUT2D eigenvalue weighted by atomic mass is 16.1. The van der Waals surface area contributed by atoms with E-state index in [-0.39, 0.29) is 17.3 Å². The van der Waals surface area contributed by atoms with Crippen molar-refractivity contribution in [3.63, 3.8) is 0 Å². The molecule has 0 aliphatic carbocycles. The summed E-state index contributed by atoms with van der Waals surface area (Å²) >= 11 is 0. The number of anilines is 3. The molecule has 2 aromatic heterocycles. The van der Waals surface area contributed by atoms with E-state index >= 15 is 0 Å². The molecule has 1 aromatic carbocycles. The van der Waals surface area contributed by atoms with E-state index in [0.29, 0.717) is 11.5 Å². The molecular formula is C13H13N9O. The third-order valence-corrected chi connectivity index (χ3v) is 3.08. The van der Waals surface area contributed by atoms with Gasteiger partial charge in [0, 0.05) is 24.5 Å². The molecule has 2 heterocycles. The van der Waals surface area contributed by atoms with Crippen LogP contribution in [0.1, 0.15) is 10.4 Å². The Morgan fingerprint density at radius 3 is 2.87 bits per heavy atom. The van der Waals surface area contributed by atoms with Crippen molar-refractivity contribution in [2.45, 2.75) is 0 Å². The Bertz CT molecular complexity index is 873. The van der Waals surface area contributed by atoms with E-state index in [0.717, 1.165) is 5.56 Å². The van der Waals surface area contributed by atoms with Crippen molar-refractivity contribution >= 4 is 23.4 Å². The van der Waals surface area contributed by atoms with Crippen molar-refractivity contribution in [3.05, 3.63) is 36.0 Å². The molecule has 3 aromatic rings. The zero-order valence-electron chi connectivity index (χ0n) is 12.1. The van der Waals surface area contributed by atoms with Crippen LogP contribution < -0.4 is 16.8 Å². The van der Waals surface area contributed by atoms with Crippen LogP contribution in [0.2, 0.25) is 0 Å². The Hall–Kier alpha value is -3.56. The number of rotatable bonds is 4. The first kappa shape index (κ1) is 14.4. The fourth-order valence-corrected chi connectivity index (χ4v) is 2.02. The minimum Gasteiger partial charge on any atom is -0.368 e. The topological polar surface area (TPSA) is 151 Å². The molecular weight excluding hydrogens is 298 g/mol. The molecule has 0 aliphatic heterocycles. The fourth-order valence-electron chi connectivity index (χ4n) is 2.02. The van der Waals surface area contributed by atoms with Gasteiger partial charge in [0.1, 0.15) is 11.4 Å². The van der Waals surface area contributed by atoms with Crippen LogP contribution in [0.5, 0.6) is 0 Å². The number of carbonyl (C=O) groups excluding carboxylic acids is 1. The Labute approximate surface area is 130 Å². The summed E-state index contributed by atoms with van der Waals surface area (Å²) in [5, 5.41) is 14.4. The summed E-state index contributed by atoms with van der Waals surface area (Å²) in [4.78, 5) is 19.2. The molecule has 0 bridgehead atoms. The van der Waals surface area contributed by atoms with Crippen molar-refractivity contribution in [1.82, 2.24) is 30.2 Å². The van der Waals surface area contributed by atoms with Gasteiger partial charge in [0.2, 0.25) is 5.95 Å². The zero-order chi connectivity index (χ0) is 16.4. The Morgan fingerprint density at radius 1 is 1.35 bits per heavy atom.